The number of nitro groups is 1. The zero-order chi connectivity index (χ0) is 30.0. The zero-order valence-electron chi connectivity index (χ0n) is 22.9. The Balaban J connectivity index is 2.03. The third-order valence-corrected chi connectivity index (χ3v) is 8.23. The lowest BCUT2D eigenvalue weighted by Crippen LogP contribution is -2.52. The number of nitrogens with zero attached hydrogens (tertiary/aromatic N) is 3. The van der Waals surface area contributed by atoms with Gasteiger partial charge in [0.05, 0.1) is 15.5 Å². The Morgan fingerprint density at radius 3 is 2.17 bits per heavy atom. The van der Waals surface area contributed by atoms with Crippen LogP contribution in [0.2, 0.25) is 0 Å². The summed E-state index contributed by atoms with van der Waals surface area (Å²) in [4.78, 5) is 38.9. The molecule has 3 aromatic rings. The van der Waals surface area contributed by atoms with Crippen LogP contribution in [0.25, 0.3) is 0 Å². The molecule has 0 unspecified atom stereocenters. The molecular weight excluding hydrogens is 551 g/mol. The number of carbonyl (C=O) groups is 2. The zero-order valence-corrected chi connectivity index (χ0v) is 23.7. The van der Waals surface area contributed by atoms with Gasteiger partial charge in [-0.25, -0.2) is 12.8 Å². The van der Waals surface area contributed by atoms with Crippen molar-refractivity contribution in [3.63, 3.8) is 0 Å². The smallest absolute Gasteiger partial charge is 0.269 e. The van der Waals surface area contributed by atoms with E-state index in [2.05, 4.69) is 5.32 Å². The predicted molar refractivity (Wildman–Crippen MR) is 153 cm³/mol. The van der Waals surface area contributed by atoms with Crippen molar-refractivity contribution in [3.05, 3.63) is 100 Å². The molecule has 10 nitrogen and oxygen atoms in total. The van der Waals surface area contributed by atoms with Gasteiger partial charge in [-0.3, -0.25) is 24.0 Å². The predicted octanol–water partition coefficient (Wildman–Crippen LogP) is 4.65. The normalized spacial score (nSPS) is 11.9. The van der Waals surface area contributed by atoms with Crippen molar-refractivity contribution in [1.29, 1.82) is 0 Å². The second-order valence-corrected chi connectivity index (χ2v) is 11.2. The molecule has 0 saturated heterocycles. The third kappa shape index (κ3) is 8.10. The SMILES string of the molecule is CCCCNC(=O)[C@H](CC)N(Cc1ccc(F)cc1)C(=O)CN(c1ccc([N+](=O)[O-])cc1)S(=O)(=O)c1ccccc1. The van der Waals surface area contributed by atoms with Gasteiger partial charge in [0.25, 0.3) is 15.7 Å². The molecule has 0 aromatic heterocycles. The molecule has 41 heavy (non-hydrogen) atoms. The van der Waals surface area contributed by atoms with Gasteiger partial charge in [-0.05, 0) is 54.8 Å². The van der Waals surface area contributed by atoms with Gasteiger partial charge >= 0.3 is 0 Å². The number of carbonyl (C=O) groups excluding carboxylic acids is 2. The fourth-order valence-electron chi connectivity index (χ4n) is 4.20. The lowest BCUT2D eigenvalue weighted by atomic mass is 10.1. The van der Waals surface area contributed by atoms with Crippen LogP contribution in [0, 0.1) is 15.9 Å². The van der Waals surface area contributed by atoms with Gasteiger partial charge in [-0.15, -0.1) is 0 Å². The molecule has 2 amide bonds. The molecule has 0 bridgehead atoms. The van der Waals surface area contributed by atoms with Crippen LogP contribution < -0.4 is 9.62 Å². The number of benzene rings is 3. The molecule has 0 saturated carbocycles. The Morgan fingerprint density at radius 1 is 0.976 bits per heavy atom. The summed E-state index contributed by atoms with van der Waals surface area (Å²) in [5.74, 6) is -1.52. The molecule has 0 heterocycles. The quantitative estimate of drug-likeness (QED) is 0.167. The highest BCUT2D eigenvalue weighted by Gasteiger charge is 2.33. The molecule has 1 N–H and O–H groups in total. The molecule has 218 valence electrons. The maximum absolute atomic E-state index is 13.9. The number of hydrogen-bond acceptors (Lipinski definition) is 6. The first kappa shape index (κ1) is 31.2. The van der Waals surface area contributed by atoms with E-state index >= 15 is 0 Å². The van der Waals surface area contributed by atoms with Crippen molar-refractivity contribution in [3.8, 4) is 0 Å². The van der Waals surface area contributed by atoms with E-state index < -0.39 is 39.3 Å². The minimum atomic E-state index is -4.30. The van der Waals surface area contributed by atoms with E-state index in [0.29, 0.717) is 12.1 Å². The summed E-state index contributed by atoms with van der Waals surface area (Å²) in [7, 11) is -4.30. The van der Waals surface area contributed by atoms with Crippen LogP contribution in [0.3, 0.4) is 0 Å². The summed E-state index contributed by atoms with van der Waals surface area (Å²) in [6.07, 6.45) is 1.85. The van der Waals surface area contributed by atoms with E-state index in [1.54, 1.807) is 13.0 Å². The van der Waals surface area contributed by atoms with Crippen LogP contribution in [0.4, 0.5) is 15.8 Å². The molecule has 1 atom stereocenters. The number of hydrogen-bond donors (Lipinski definition) is 1. The second kappa shape index (κ2) is 14.4. The number of sulfonamides is 1. The first-order chi connectivity index (χ1) is 19.6. The molecule has 12 heteroatoms. The van der Waals surface area contributed by atoms with Crippen molar-refractivity contribution in [2.24, 2.45) is 0 Å². The number of nitro benzene ring substituents is 1. The van der Waals surface area contributed by atoms with Crippen molar-refractivity contribution in [2.45, 2.75) is 50.6 Å². The Kier molecular flexibility index (Phi) is 10.9. The van der Waals surface area contributed by atoms with Crippen LogP contribution in [-0.2, 0) is 26.2 Å². The molecule has 3 aromatic carbocycles. The van der Waals surface area contributed by atoms with Crippen LogP contribution in [0.1, 0.15) is 38.7 Å². The molecule has 0 aliphatic heterocycles. The topological polar surface area (TPSA) is 130 Å². The summed E-state index contributed by atoms with van der Waals surface area (Å²) in [6.45, 7) is 3.38. The van der Waals surface area contributed by atoms with Gasteiger partial charge in [0.15, 0.2) is 0 Å². The number of amides is 2. The van der Waals surface area contributed by atoms with E-state index in [1.165, 1.54) is 65.6 Å². The van der Waals surface area contributed by atoms with Crippen LogP contribution in [-0.4, -0.2) is 49.2 Å². The number of nitrogens with one attached hydrogen (secondary N) is 1. The minimum Gasteiger partial charge on any atom is -0.354 e. The average Bonchev–Trinajstić information content (AvgIpc) is 2.97. The maximum atomic E-state index is 13.9. The molecule has 3 rings (SSSR count). The van der Waals surface area contributed by atoms with Gasteiger partial charge in [0, 0.05) is 25.2 Å². The van der Waals surface area contributed by atoms with Crippen molar-refractivity contribution in [2.75, 3.05) is 17.4 Å². The number of anilines is 1. The van der Waals surface area contributed by atoms with Gasteiger partial charge in [0.1, 0.15) is 18.4 Å². The Hall–Kier alpha value is -4.32. The fourth-order valence-corrected chi connectivity index (χ4v) is 5.64. The van der Waals surface area contributed by atoms with E-state index in [1.807, 2.05) is 6.92 Å². The van der Waals surface area contributed by atoms with Gasteiger partial charge in [-0.1, -0.05) is 50.6 Å². The molecule has 0 fully saturated rings. The summed E-state index contributed by atoms with van der Waals surface area (Å²) >= 11 is 0. The van der Waals surface area contributed by atoms with Crippen molar-refractivity contribution >= 4 is 33.2 Å². The van der Waals surface area contributed by atoms with Crippen molar-refractivity contribution in [1.82, 2.24) is 10.2 Å². The highest BCUT2D eigenvalue weighted by molar-refractivity contribution is 7.92. The lowest BCUT2D eigenvalue weighted by Gasteiger charge is -2.33. The molecular formula is C29H33FN4O6S. The molecule has 0 aliphatic rings. The van der Waals surface area contributed by atoms with E-state index in [4.69, 9.17) is 0 Å². The minimum absolute atomic E-state index is 0.0370. The Bertz CT molecular complexity index is 1430. The van der Waals surface area contributed by atoms with Crippen molar-refractivity contribution < 1.29 is 27.3 Å². The first-order valence-corrected chi connectivity index (χ1v) is 14.7. The summed E-state index contributed by atoms with van der Waals surface area (Å²) < 4.78 is 42.0. The number of non-ortho nitro benzene ring substituents is 1. The lowest BCUT2D eigenvalue weighted by molar-refractivity contribution is -0.384. The highest BCUT2D eigenvalue weighted by atomic mass is 32.2. The molecule has 0 spiro atoms. The van der Waals surface area contributed by atoms with Crippen LogP contribution in [0.15, 0.2) is 83.8 Å². The summed E-state index contributed by atoms with van der Waals surface area (Å²) in [5.41, 5.74) is 0.340. The van der Waals surface area contributed by atoms with Gasteiger partial charge < -0.3 is 10.2 Å². The number of halogens is 1. The summed E-state index contributed by atoms with van der Waals surface area (Å²) in [6, 6.07) is 16.8. The summed E-state index contributed by atoms with van der Waals surface area (Å²) in [5, 5.41) is 14.0. The van der Waals surface area contributed by atoms with E-state index in [0.717, 1.165) is 29.3 Å². The second-order valence-electron chi connectivity index (χ2n) is 9.31. The van der Waals surface area contributed by atoms with Crippen LogP contribution in [0.5, 0.6) is 0 Å². The largest absolute Gasteiger partial charge is 0.354 e. The Morgan fingerprint density at radius 2 is 1.61 bits per heavy atom. The van der Waals surface area contributed by atoms with E-state index in [9.17, 15) is 32.5 Å². The standard InChI is InChI=1S/C29H33FN4O6S/c1-3-5-19-31-29(36)27(4-2)32(20-22-11-13-23(30)14-12-22)28(35)21-33(24-15-17-25(18-16-24)34(37)38)41(39,40)26-9-7-6-8-10-26/h6-18,27H,3-5,19-21H2,1-2H3,(H,31,36)/t27-/m0/s1. The molecule has 0 aliphatic carbocycles. The molecule has 0 radical (unpaired) electrons. The Labute approximate surface area is 239 Å². The maximum Gasteiger partial charge on any atom is 0.269 e. The number of unbranched alkanes of at least 4 members (excludes halogenated alkanes) is 1. The fraction of sp³-hybridized carbons (Fsp3) is 0.310. The monoisotopic (exact) mass is 584 g/mol. The van der Waals surface area contributed by atoms with E-state index in [-0.39, 0.29) is 35.1 Å². The van der Waals surface area contributed by atoms with Gasteiger partial charge in [-0.2, -0.15) is 0 Å². The number of rotatable bonds is 14. The third-order valence-electron chi connectivity index (χ3n) is 6.44. The first-order valence-electron chi connectivity index (χ1n) is 13.2. The average molecular weight is 585 g/mol. The highest BCUT2D eigenvalue weighted by Crippen LogP contribution is 2.26. The van der Waals surface area contributed by atoms with Crippen LogP contribution >= 0.6 is 0 Å². The van der Waals surface area contributed by atoms with Gasteiger partial charge in [0.2, 0.25) is 11.8 Å².